The molecule has 1 fully saturated rings. The zero-order chi connectivity index (χ0) is 28.3. The first-order chi connectivity index (χ1) is 18.6. The lowest BCUT2D eigenvalue weighted by Crippen LogP contribution is -2.43. The fourth-order valence-electron chi connectivity index (χ4n) is 5.45. The highest BCUT2D eigenvalue weighted by atomic mass is 19.2. The lowest BCUT2D eigenvalue weighted by atomic mass is 9.73. The van der Waals surface area contributed by atoms with Crippen molar-refractivity contribution in [3.8, 4) is 6.07 Å². The van der Waals surface area contributed by atoms with Gasteiger partial charge in [0, 0.05) is 48.8 Å². The average molecular weight is 543 g/mol. The Morgan fingerprint density at radius 3 is 2.44 bits per heavy atom. The minimum Gasteiger partial charge on any atom is -0.352 e. The van der Waals surface area contributed by atoms with E-state index in [1.165, 1.54) is 23.1 Å². The molecule has 0 saturated carbocycles. The number of nitriles is 1. The number of nitrogens with zero attached hydrogens (tertiary/aromatic N) is 3. The first-order valence-corrected chi connectivity index (χ1v) is 12.9. The number of hydrogen-bond donors (Lipinski definition) is 1. The molecule has 0 unspecified atom stereocenters. The van der Waals surface area contributed by atoms with Gasteiger partial charge in [0.25, 0.3) is 0 Å². The van der Waals surface area contributed by atoms with E-state index in [-0.39, 0.29) is 23.8 Å². The third-order valence-corrected chi connectivity index (χ3v) is 7.89. The quantitative estimate of drug-likeness (QED) is 0.412. The molecule has 0 radical (unpaired) electrons. The van der Waals surface area contributed by atoms with Crippen LogP contribution in [0.15, 0.2) is 47.7 Å². The predicted molar refractivity (Wildman–Crippen MR) is 136 cm³/mol. The summed E-state index contributed by atoms with van der Waals surface area (Å²) in [6.45, 7) is 3.72. The molecule has 2 aliphatic heterocycles. The highest BCUT2D eigenvalue weighted by Gasteiger charge is 2.39. The summed E-state index contributed by atoms with van der Waals surface area (Å²) < 4.78 is 55.1. The van der Waals surface area contributed by atoms with Crippen molar-refractivity contribution in [3.63, 3.8) is 0 Å². The molecule has 0 bridgehead atoms. The summed E-state index contributed by atoms with van der Waals surface area (Å²) in [7, 11) is 1.57. The molecule has 1 N–H and O–H groups in total. The van der Waals surface area contributed by atoms with E-state index in [9.17, 15) is 32.4 Å². The van der Waals surface area contributed by atoms with E-state index in [4.69, 9.17) is 0 Å². The number of piperidine rings is 1. The Morgan fingerprint density at radius 1 is 1.08 bits per heavy atom. The monoisotopic (exact) mass is 542 g/mol. The Balaban J connectivity index is 1.35. The molecular weight excluding hydrogens is 512 g/mol. The molecule has 2 aliphatic rings. The normalized spacial score (nSPS) is 19.7. The summed E-state index contributed by atoms with van der Waals surface area (Å²) in [5.41, 5.74) is 0.350. The molecule has 0 spiro atoms. The zero-order valence-corrected chi connectivity index (χ0v) is 21.9. The Morgan fingerprint density at radius 2 is 1.79 bits per heavy atom. The molecule has 4 rings (SSSR count). The number of nitrogens with one attached hydrogen (secondary N) is 1. The summed E-state index contributed by atoms with van der Waals surface area (Å²) in [6, 6.07) is 8.96. The number of amides is 2. The lowest BCUT2D eigenvalue weighted by Gasteiger charge is -2.37. The number of halogens is 4. The maximum atomic E-state index is 14.4. The number of likely N-dealkylation sites (tertiary alicyclic amines) is 1. The molecule has 0 aromatic heterocycles. The van der Waals surface area contributed by atoms with Gasteiger partial charge < -0.3 is 15.1 Å². The summed E-state index contributed by atoms with van der Waals surface area (Å²) in [5, 5.41) is 12.7. The minimum absolute atomic E-state index is 0.0370. The van der Waals surface area contributed by atoms with Crippen LogP contribution in [0, 0.1) is 34.6 Å². The molecule has 10 heteroatoms. The summed E-state index contributed by atoms with van der Waals surface area (Å²) >= 11 is 0. The highest BCUT2D eigenvalue weighted by Crippen LogP contribution is 2.38. The number of allylic oxidation sites excluding steroid dienone is 1. The molecule has 2 amide bonds. The van der Waals surface area contributed by atoms with Crippen molar-refractivity contribution in [2.45, 2.75) is 43.9 Å². The molecule has 1 saturated heterocycles. The van der Waals surface area contributed by atoms with Crippen LogP contribution in [0.4, 0.5) is 17.6 Å². The van der Waals surface area contributed by atoms with Gasteiger partial charge in [-0.2, -0.15) is 5.26 Å². The summed E-state index contributed by atoms with van der Waals surface area (Å²) in [4.78, 5) is 29.2. The third-order valence-electron chi connectivity index (χ3n) is 7.89. The van der Waals surface area contributed by atoms with Crippen molar-refractivity contribution in [2.75, 3.05) is 33.2 Å². The molecule has 2 aromatic rings. The van der Waals surface area contributed by atoms with E-state index in [0.717, 1.165) is 18.2 Å². The van der Waals surface area contributed by atoms with Crippen LogP contribution in [-0.2, 0) is 15.0 Å². The first kappa shape index (κ1) is 28.3. The van der Waals surface area contributed by atoms with E-state index in [0.29, 0.717) is 62.3 Å². The van der Waals surface area contributed by atoms with Gasteiger partial charge in [-0.05, 0) is 69.6 Å². The van der Waals surface area contributed by atoms with Gasteiger partial charge in [0.15, 0.2) is 11.6 Å². The smallest absolute Gasteiger partial charge is 0.249 e. The maximum absolute atomic E-state index is 14.4. The van der Waals surface area contributed by atoms with Gasteiger partial charge in [-0.25, -0.2) is 17.6 Å². The molecular formula is C29H30F4N4O2. The summed E-state index contributed by atoms with van der Waals surface area (Å²) in [5.74, 6) is -4.74. The number of benzene rings is 2. The molecule has 1 atom stereocenters. The van der Waals surface area contributed by atoms with Crippen molar-refractivity contribution < 1.29 is 27.2 Å². The second-order valence-corrected chi connectivity index (χ2v) is 10.2. The molecule has 206 valence electrons. The van der Waals surface area contributed by atoms with Gasteiger partial charge in [0.05, 0.1) is 11.5 Å². The van der Waals surface area contributed by atoms with Crippen LogP contribution < -0.4 is 5.32 Å². The van der Waals surface area contributed by atoms with Crippen LogP contribution in [0.1, 0.15) is 49.7 Å². The number of carbonyl (C=O) groups excluding carboxylic acids is 2. The lowest BCUT2D eigenvalue weighted by molar-refractivity contribution is -0.129. The first-order valence-electron chi connectivity index (χ1n) is 12.9. The van der Waals surface area contributed by atoms with Gasteiger partial charge in [-0.1, -0.05) is 12.1 Å². The fraction of sp³-hybridized carbons (Fsp3) is 0.414. The SMILES string of the molecule is CC1=C(C(=O)NCCCN2CCC(C#N)(c3ccc(F)cc3F)CC2)[C@@H](c2ccc(F)c(F)c2)CC(=O)N1C. The number of rotatable bonds is 7. The van der Waals surface area contributed by atoms with E-state index in [1.807, 2.05) is 0 Å². The Hall–Kier alpha value is -3.71. The largest absolute Gasteiger partial charge is 0.352 e. The number of hydrogen-bond acceptors (Lipinski definition) is 4. The predicted octanol–water partition coefficient (Wildman–Crippen LogP) is 4.53. The maximum Gasteiger partial charge on any atom is 0.249 e. The van der Waals surface area contributed by atoms with Crippen molar-refractivity contribution in [2.24, 2.45) is 0 Å². The van der Waals surface area contributed by atoms with E-state index < -0.39 is 34.6 Å². The van der Waals surface area contributed by atoms with Crippen molar-refractivity contribution in [1.29, 1.82) is 5.26 Å². The minimum atomic E-state index is -1.04. The topological polar surface area (TPSA) is 76.4 Å². The number of carbonyl (C=O) groups is 2. The fourth-order valence-corrected chi connectivity index (χ4v) is 5.45. The Labute approximate surface area is 224 Å². The molecule has 2 heterocycles. The molecule has 6 nitrogen and oxygen atoms in total. The zero-order valence-electron chi connectivity index (χ0n) is 21.9. The van der Waals surface area contributed by atoms with Gasteiger partial charge in [-0.15, -0.1) is 0 Å². The van der Waals surface area contributed by atoms with E-state index in [2.05, 4.69) is 16.3 Å². The van der Waals surface area contributed by atoms with Crippen LogP contribution >= 0.6 is 0 Å². The van der Waals surface area contributed by atoms with Crippen LogP contribution in [0.25, 0.3) is 0 Å². The second kappa shape index (κ2) is 11.6. The highest BCUT2D eigenvalue weighted by molar-refractivity contribution is 5.99. The van der Waals surface area contributed by atoms with Crippen LogP contribution in [0.5, 0.6) is 0 Å². The Kier molecular flexibility index (Phi) is 8.40. The van der Waals surface area contributed by atoms with Crippen LogP contribution in [-0.4, -0.2) is 54.8 Å². The van der Waals surface area contributed by atoms with Gasteiger partial charge in [0.1, 0.15) is 11.6 Å². The summed E-state index contributed by atoms with van der Waals surface area (Å²) in [6.07, 6.45) is 1.37. The molecule has 0 aliphatic carbocycles. The van der Waals surface area contributed by atoms with Gasteiger partial charge in [-0.3, -0.25) is 9.59 Å². The van der Waals surface area contributed by atoms with Crippen molar-refractivity contribution in [1.82, 2.24) is 15.1 Å². The van der Waals surface area contributed by atoms with Gasteiger partial charge in [0.2, 0.25) is 11.8 Å². The van der Waals surface area contributed by atoms with E-state index >= 15 is 0 Å². The molecule has 39 heavy (non-hydrogen) atoms. The average Bonchev–Trinajstić information content (AvgIpc) is 2.91. The van der Waals surface area contributed by atoms with Crippen LogP contribution in [0.3, 0.4) is 0 Å². The second-order valence-electron chi connectivity index (χ2n) is 10.2. The van der Waals surface area contributed by atoms with Crippen molar-refractivity contribution in [3.05, 3.63) is 82.1 Å². The van der Waals surface area contributed by atoms with Gasteiger partial charge >= 0.3 is 0 Å². The van der Waals surface area contributed by atoms with Crippen LogP contribution in [0.2, 0.25) is 0 Å². The van der Waals surface area contributed by atoms with E-state index in [1.54, 1.807) is 14.0 Å². The molecule has 2 aromatic carbocycles. The third kappa shape index (κ3) is 5.83. The Bertz CT molecular complexity index is 1350. The standard InChI is InChI=1S/C29H30F4N4O2/c1-18-27(21(16-26(38)36(18)2)19-4-7-23(31)25(33)14-19)28(39)35-10-3-11-37-12-8-29(17-34,9-13-37)22-6-5-20(30)15-24(22)32/h4-7,14-15,21H,3,8-13,16H2,1-2H3,(H,35,39)/t21-/m1/s1. The van der Waals surface area contributed by atoms with Crippen molar-refractivity contribution >= 4 is 11.8 Å².